The molecular weight excluding hydrogens is 292 g/mol. The van der Waals surface area contributed by atoms with Gasteiger partial charge < -0.3 is 15.0 Å². The van der Waals surface area contributed by atoms with Crippen LogP contribution in [0.15, 0.2) is 24.3 Å². The summed E-state index contributed by atoms with van der Waals surface area (Å²) >= 11 is 0. The van der Waals surface area contributed by atoms with Gasteiger partial charge in [0.15, 0.2) is 0 Å². The van der Waals surface area contributed by atoms with Gasteiger partial charge in [0.05, 0.1) is 12.6 Å². The number of nitrogens with zero attached hydrogens (tertiary/aromatic N) is 1. The number of nitrogens with one attached hydrogen (secondary N) is 1. The summed E-state index contributed by atoms with van der Waals surface area (Å²) in [6.45, 7) is 2.89. The van der Waals surface area contributed by atoms with Crippen LogP contribution in [0.2, 0.25) is 0 Å². The van der Waals surface area contributed by atoms with Gasteiger partial charge in [0.25, 0.3) is 0 Å². The predicted molar refractivity (Wildman–Crippen MR) is 87.0 cm³/mol. The molecule has 0 unspecified atom stereocenters. The minimum atomic E-state index is -0.460. The van der Waals surface area contributed by atoms with Crippen molar-refractivity contribution in [3.63, 3.8) is 0 Å². The summed E-state index contributed by atoms with van der Waals surface area (Å²) in [5.74, 6) is 1.25. The number of benzene rings is 1. The molecule has 1 saturated heterocycles. The van der Waals surface area contributed by atoms with Crippen molar-refractivity contribution in [2.75, 3.05) is 20.2 Å². The molecule has 1 N–H and O–H groups in total. The van der Waals surface area contributed by atoms with Crippen molar-refractivity contribution >= 4 is 11.8 Å². The van der Waals surface area contributed by atoms with Crippen molar-refractivity contribution in [1.82, 2.24) is 10.2 Å². The van der Waals surface area contributed by atoms with Crippen LogP contribution in [0.25, 0.3) is 0 Å². The van der Waals surface area contributed by atoms with E-state index < -0.39 is 5.54 Å². The Balaban J connectivity index is 1.84. The van der Waals surface area contributed by atoms with Crippen LogP contribution in [-0.2, 0) is 15.1 Å². The Morgan fingerprint density at radius 2 is 1.87 bits per heavy atom. The van der Waals surface area contributed by atoms with Gasteiger partial charge in [-0.3, -0.25) is 9.59 Å². The molecule has 1 heterocycles. The third kappa shape index (κ3) is 3.19. The topological polar surface area (TPSA) is 58.6 Å². The molecule has 2 aliphatic rings. The van der Waals surface area contributed by atoms with Gasteiger partial charge in [0.1, 0.15) is 5.75 Å². The number of para-hydroxylation sites is 1. The van der Waals surface area contributed by atoms with Crippen molar-refractivity contribution in [3.8, 4) is 5.75 Å². The van der Waals surface area contributed by atoms with Crippen molar-refractivity contribution in [3.05, 3.63) is 29.8 Å². The Hall–Kier alpha value is -2.04. The molecule has 1 aliphatic carbocycles. The molecule has 1 aromatic carbocycles. The molecule has 1 saturated carbocycles. The molecule has 0 spiro atoms. The summed E-state index contributed by atoms with van der Waals surface area (Å²) in [5.41, 5.74) is 0.537. The second-order valence-electron chi connectivity index (χ2n) is 6.56. The Labute approximate surface area is 137 Å². The van der Waals surface area contributed by atoms with E-state index in [0.717, 1.165) is 24.2 Å². The van der Waals surface area contributed by atoms with E-state index >= 15 is 0 Å². The number of hydrogen-bond donors (Lipinski definition) is 1. The molecule has 5 heteroatoms. The molecule has 23 heavy (non-hydrogen) atoms. The number of carbonyl (C=O) groups is 2. The summed E-state index contributed by atoms with van der Waals surface area (Å²) in [4.78, 5) is 26.0. The minimum absolute atomic E-state index is 0.0575. The fraction of sp³-hybridized carbons (Fsp3) is 0.556. The van der Waals surface area contributed by atoms with Crippen molar-refractivity contribution < 1.29 is 14.3 Å². The highest BCUT2D eigenvalue weighted by Gasteiger charge is 2.42. The quantitative estimate of drug-likeness (QED) is 0.925. The number of likely N-dealkylation sites (tertiary alicyclic amines) is 1. The number of hydrogen-bond acceptors (Lipinski definition) is 3. The van der Waals surface area contributed by atoms with E-state index in [9.17, 15) is 9.59 Å². The molecule has 3 rings (SSSR count). The number of rotatable bonds is 4. The Morgan fingerprint density at radius 1 is 1.22 bits per heavy atom. The summed E-state index contributed by atoms with van der Waals surface area (Å²) in [5, 5.41) is 3.13. The number of carbonyl (C=O) groups excluding carboxylic acids is 2. The maximum absolute atomic E-state index is 12.3. The first-order valence-electron chi connectivity index (χ1n) is 8.27. The first-order chi connectivity index (χ1) is 11.1. The highest BCUT2D eigenvalue weighted by molar-refractivity contribution is 5.81. The fourth-order valence-electron chi connectivity index (χ4n) is 3.54. The largest absolute Gasteiger partial charge is 0.496 e. The fourth-order valence-corrected chi connectivity index (χ4v) is 3.54. The first-order valence-corrected chi connectivity index (χ1v) is 8.27. The molecule has 2 fully saturated rings. The number of methoxy groups -OCH3 is 1. The van der Waals surface area contributed by atoms with Crippen molar-refractivity contribution in [1.29, 1.82) is 0 Å². The molecule has 124 valence electrons. The second kappa shape index (κ2) is 6.22. The maximum Gasteiger partial charge on any atom is 0.225 e. The summed E-state index contributed by atoms with van der Waals surface area (Å²) in [6, 6.07) is 7.81. The Bertz CT molecular complexity index is 602. The molecule has 2 amide bonds. The Morgan fingerprint density at radius 3 is 2.43 bits per heavy atom. The molecule has 1 aliphatic heterocycles. The van der Waals surface area contributed by atoms with Gasteiger partial charge in [-0.15, -0.1) is 0 Å². The third-order valence-corrected chi connectivity index (χ3v) is 4.89. The van der Waals surface area contributed by atoms with Crippen LogP contribution in [0.5, 0.6) is 5.75 Å². The normalized spacial score (nSPS) is 20.0. The summed E-state index contributed by atoms with van der Waals surface area (Å²) in [7, 11) is 1.64. The van der Waals surface area contributed by atoms with E-state index in [-0.39, 0.29) is 17.7 Å². The smallest absolute Gasteiger partial charge is 0.225 e. The average molecular weight is 316 g/mol. The zero-order valence-corrected chi connectivity index (χ0v) is 13.8. The number of amides is 2. The van der Waals surface area contributed by atoms with Crippen LogP contribution in [0, 0.1) is 5.92 Å². The molecule has 0 bridgehead atoms. The number of ether oxygens (including phenoxy) is 1. The third-order valence-electron chi connectivity index (χ3n) is 4.89. The Kier molecular flexibility index (Phi) is 4.28. The lowest BCUT2D eigenvalue weighted by Crippen LogP contribution is -2.54. The van der Waals surface area contributed by atoms with Crippen LogP contribution in [-0.4, -0.2) is 36.9 Å². The maximum atomic E-state index is 12.3. The molecular formula is C18H24N2O3. The van der Waals surface area contributed by atoms with Crippen LogP contribution >= 0.6 is 0 Å². The van der Waals surface area contributed by atoms with Gasteiger partial charge in [-0.1, -0.05) is 18.2 Å². The molecule has 0 aromatic heterocycles. The van der Waals surface area contributed by atoms with Crippen LogP contribution in [0.1, 0.15) is 38.2 Å². The molecule has 0 atom stereocenters. The SMILES string of the molecule is COc1ccccc1C1(NC(C)=O)CCN(C(=O)C2CC2)CC1. The summed E-state index contributed by atoms with van der Waals surface area (Å²) < 4.78 is 5.50. The zero-order valence-electron chi connectivity index (χ0n) is 13.8. The number of piperidine rings is 1. The van der Waals surface area contributed by atoms with Gasteiger partial charge in [-0.05, 0) is 31.7 Å². The lowest BCUT2D eigenvalue weighted by molar-refractivity contribution is -0.134. The van der Waals surface area contributed by atoms with E-state index in [0.29, 0.717) is 25.9 Å². The van der Waals surface area contributed by atoms with E-state index in [2.05, 4.69) is 5.32 Å². The van der Waals surface area contributed by atoms with E-state index in [1.54, 1.807) is 14.0 Å². The van der Waals surface area contributed by atoms with Gasteiger partial charge in [-0.2, -0.15) is 0 Å². The minimum Gasteiger partial charge on any atom is -0.496 e. The van der Waals surface area contributed by atoms with Crippen LogP contribution in [0.3, 0.4) is 0 Å². The zero-order chi connectivity index (χ0) is 16.4. The van der Waals surface area contributed by atoms with Gasteiger partial charge >= 0.3 is 0 Å². The van der Waals surface area contributed by atoms with Crippen LogP contribution in [0.4, 0.5) is 0 Å². The average Bonchev–Trinajstić information content (AvgIpc) is 3.39. The molecule has 0 radical (unpaired) electrons. The predicted octanol–water partition coefficient (Wildman–Crippen LogP) is 2.06. The lowest BCUT2D eigenvalue weighted by Gasteiger charge is -2.43. The summed E-state index contributed by atoms with van der Waals surface area (Å²) in [6.07, 6.45) is 3.48. The van der Waals surface area contributed by atoms with Gasteiger partial charge in [-0.25, -0.2) is 0 Å². The van der Waals surface area contributed by atoms with Crippen molar-refractivity contribution in [2.45, 2.75) is 38.1 Å². The van der Waals surface area contributed by atoms with E-state index in [1.807, 2.05) is 29.2 Å². The highest BCUT2D eigenvalue weighted by atomic mass is 16.5. The first kappa shape index (κ1) is 15.8. The van der Waals surface area contributed by atoms with E-state index in [1.165, 1.54) is 0 Å². The molecule has 1 aromatic rings. The second-order valence-corrected chi connectivity index (χ2v) is 6.56. The highest BCUT2D eigenvalue weighted by Crippen LogP contribution is 2.39. The monoisotopic (exact) mass is 316 g/mol. The van der Waals surface area contributed by atoms with E-state index in [4.69, 9.17) is 4.74 Å². The van der Waals surface area contributed by atoms with Gasteiger partial charge in [0.2, 0.25) is 11.8 Å². The standard InChI is InChI=1S/C18H24N2O3/c1-13(21)19-18(15-5-3-4-6-16(15)23-2)9-11-20(12-10-18)17(22)14-7-8-14/h3-6,14H,7-12H2,1-2H3,(H,19,21). The van der Waals surface area contributed by atoms with Crippen LogP contribution < -0.4 is 10.1 Å². The van der Waals surface area contributed by atoms with Gasteiger partial charge in [0, 0.05) is 31.5 Å². The van der Waals surface area contributed by atoms with Crippen molar-refractivity contribution in [2.24, 2.45) is 5.92 Å². The lowest BCUT2D eigenvalue weighted by atomic mass is 9.80. The molecule has 5 nitrogen and oxygen atoms in total.